The summed E-state index contributed by atoms with van der Waals surface area (Å²) in [5, 5.41) is 15.9. The number of aliphatic hydroxyl groups is 1. The van der Waals surface area contributed by atoms with E-state index in [-0.39, 0.29) is 12.1 Å². The summed E-state index contributed by atoms with van der Waals surface area (Å²) in [5.74, 6) is 0.399. The third kappa shape index (κ3) is 3.57. The van der Waals surface area contributed by atoms with Crippen molar-refractivity contribution in [1.29, 1.82) is 0 Å². The fourth-order valence-corrected chi connectivity index (χ4v) is 2.65. The molecular weight excluding hydrogens is 218 g/mol. The van der Waals surface area contributed by atoms with Gasteiger partial charge in [-0.2, -0.15) is 0 Å². The number of rotatable bonds is 5. The predicted octanol–water partition coefficient (Wildman–Crippen LogP) is 0.152. The molecule has 3 N–H and O–H groups in total. The van der Waals surface area contributed by atoms with Crippen LogP contribution in [0.1, 0.15) is 25.7 Å². The predicted molar refractivity (Wildman–Crippen MR) is 65.8 cm³/mol. The van der Waals surface area contributed by atoms with Crippen molar-refractivity contribution in [3.8, 4) is 0 Å². The van der Waals surface area contributed by atoms with E-state index in [1.807, 2.05) is 4.90 Å². The Morgan fingerprint density at radius 1 is 1.41 bits per heavy atom. The topological polar surface area (TPSA) is 64.6 Å². The molecule has 17 heavy (non-hydrogen) atoms. The van der Waals surface area contributed by atoms with Gasteiger partial charge >= 0.3 is 6.03 Å². The van der Waals surface area contributed by atoms with Crippen LogP contribution in [0.4, 0.5) is 4.79 Å². The molecule has 0 aromatic carbocycles. The van der Waals surface area contributed by atoms with E-state index in [2.05, 4.69) is 10.6 Å². The summed E-state index contributed by atoms with van der Waals surface area (Å²) in [6.07, 6.45) is 4.33. The number of nitrogens with one attached hydrogen (secondary N) is 2. The zero-order valence-electron chi connectivity index (χ0n) is 10.3. The average molecular weight is 241 g/mol. The van der Waals surface area contributed by atoms with Crippen LogP contribution in [0.3, 0.4) is 0 Å². The molecule has 2 unspecified atom stereocenters. The van der Waals surface area contributed by atoms with Crippen LogP contribution in [-0.2, 0) is 0 Å². The van der Waals surface area contributed by atoms with Crippen LogP contribution in [0.15, 0.2) is 0 Å². The highest BCUT2D eigenvalue weighted by Crippen LogP contribution is 2.23. The van der Waals surface area contributed by atoms with Gasteiger partial charge in [0.05, 0.1) is 6.10 Å². The quantitative estimate of drug-likeness (QED) is 0.600. The summed E-state index contributed by atoms with van der Waals surface area (Å²) in [7, 11) is 0. The van der Waals surface area contributed by atoms with Gasteiger partial charge in [-0.15, -0.1) is 0 Å². The minimum Gasteiger partial charge on any atom is -0.393 e. The Labute approximate surface area is 103 Å². The third-order valence-electron chi connectivity index (χ3n) is 3.78. The Morgan fingerprint density at radius 2 is 2.24 bits per heavy atom. The first-order chi connectivity index (χ1) is 8.27. The molecule has 2 fully saturated rings. The lowest BCUT2D eigenvalue weighted by atomic mass is 9.86. The lowest BCUT2D eigenvalue weighted by Gasteiger charge is -2.28. The van der Waals surface area contributed by atoms with E-state index in [1.54, 1.807) is 0 Å². The van der Waals surface area contributed by atoms with Crippen LogP contribution in [0.2, 0.25) is 0 Å². The number of hydrogen-bond acceptors (Lipinski definition) is 3. The van der Waals surface area contributed by atoms with Gasteiger partial charge in [0.25, 0.3) is 0 Å². The maximum absolute atomic E-state index is 11.3. The molecule has 0 bridgehead atoms. The number of carbonyl (C=O) groups is 1. The number of nitrogens with zero attached hydrogens (tertiary/aromatic N) is 1. The monoisotopic (exact) mass is 241 g/mol. The minimum absolute atomic E-state index is 0.0458. The summed E-state index contributed by atoms with van der Waals surface area (Å²) in [4.78, 5) is 13.1. The van der Waals surface area contributed by atoms with Crippen LogP contribution < -0.4 is 10.6 Å². The van der Waals surface area contributed by atoms with E-state index >= 15 is 0 Å². The van der Waals surface area contributed by atoms with Crippen LogP contribution in [0.25, 0.3) is 0 Å². The van der Waals surface area contributed by atoms with Crippen LogP contribution in [0.5, 0.6) is 0 Å². The van der Waals surface area contributed by atoms with Crippen molar-refractivity contribution >= 4 is 6.03 Å². The number of hydrogen-bond donors (Lipinski definition) is 3. The number of carbonyl (C=O) groups excluding carboxylic acids is 1. The minimum atomic E-state index is -0.133. The lowest BCUT2D eigenvalue weighted by molar-refractivity contribution is 0.0695. The van der Waals surface area contributed by atoms with Crippen LogP contribution >= 0.6 is 0 Å². The molecule has 1 heterocycles. The van der Waals surface area contributed by atoms with Gasteiger partial charge in [-0.1, -0.05) is 12.8 Å². The second-order valence-electron chi connectivity index (χ2n) is 5.03. The van der Waals surface area contributed by atoms with E-state index in [1.165, 1.54) is 6.42 Å². The SMILES string of the molecule is O=C1NCCN1CCNCC1CCCCC1O. The third-order valence-corrected chi connectivity index (χ3v) is 3.78. The Morgan fingerprint density at radius 3 is 2.94 bits per heavy atom. The highest BCUT2D eigenvalue weighted by atomic mass is 16.3. The summed E-state index contributed by atoms with van der Waals surface area (Å²) in [5.41, 5.74) is 0. The maximum atomic E-state index is 11.3. The molecule has 1 aliphatic heterocycles. The summed E-state index contributed by atoms with van der Waals surface area (Å²) in [6.45, 7) is 4.02. The van der Waals surface area contributed by atoms with Gasteiger partial charge < -0.3 is 20.6 Å². The van der Waals surface area contributed by atoms with E-state index < -0.39 is 0 Å². The molecule has 1 saturated carbocycles. The molecule has 0 spiro atoms. The van der Waals surface area contributed by atoms with E-state index in [0.717, 1.165) is 52.0 Å². The zero-order valence-corrected chi connectivity index (χ0v) is 10.3. The fourth-order valence-electron chi connectivity index (χ4n) is 2.65. The first-order valence-electron chi connectivity index (χ1n) is 6.69. The van der Waals surface area contributed by atoms with Crippen molar-refractivity contribution in [2.75, 3.05) is 32.7 Å². The van der Waals surface area contributed by atoms with Crippen molar-refractivity contribution < 1.29 is 9.90 Å². The van der Waals surface area contributed by atoms with Crippen molar-refractivity contribution in [3.63, 3.8) is 0 Å². The van der Waals surface area contributed by atoms with Crippen molar-refractivity contribution in [2.24, 2.45) is 5.92 Å². The van der Waals surface area contributed by atoms with E-state index in [9.17, 15) is 9.90 Å². The molecule has 5 heteroatoms. The molecule has 2 rings (SSSR count). The molecule has 2 aliphatic rings. The van der Waals surface area contributed by atoms with Crippen LogP contribution in [0, 0.1) is 5.92 Å². The van der Waals surface area contributed by atoms with Crippen molar-refractivity contribution in [3.05, 3.63) is 0 Å². The van der Waals surface area contributed by atoms with Gasteiger partial charge in [0.15, 0.2) is 0 Å². The highest BCUT2D eigenvalue weighted by molar-refractivity contribution is 5.76. The normalized spacial score (nSPS) is 29.5. The number of amides is 2. The molecule has 0 aromatic heterocycles. The second-order valence-corrected chi connectivity index (χ2v) is 5.03. The van der Waals surface area contributed by atoms with Crippen molar-refractivity contribution in [1.82, 2.24) is 15.5 Å². The van der Waals surface area contributed by atoms with Crippen LogP contribution in [-0.4, -0.2) is 54.9 Å². The van der Waals surface area contributed by atoms with Gasteiger partial charge in [0.1, 0.15) is 0 Å². The van der Waals surface area contributed by atoms with E-state index in [0.29, 0.717) is 5.92 Å². The molecule has 98 valence electrons. The highest BCUT2D eigenvalue weighted by Gasteiger charge is 2.23. The van der Waals surface area contributed by atoms with E-state index in [4.69, 9.17) is 0 Å². The van der Waals surface area contributed by atoms with Gasteiger partial charge in [0.2, 0.25) is 0 Å². The zero-order chi connectivity index (χ0) is 12.1. The Hall–Kier alpha value is -0.810. The molecular formula is C12H23N3O2. The molecule has 0 aromatic rings. The van der Waals surface area contributed by atoms with Crippen molar-refractivity contribution in [2.45, 2.75) is 31.8 Å². The fraction of sp³-hybridized carbons (Fsp3) is 0.917. The molecule has 5 nitrogen and oxygen atoms in total. The first-order valence-corrected chi connectivity index (χ1v) is 6.69. The standard InChI is InChI=1S/C12H23N3O2/c16-11-4-2-1-3-10(11)9-13-5-7-15-8-6-14-12(15)17/h10-11,13,16H,1-9H2,(H,14,17). The first kappa shape index (κ1) is 12.6. The molecule has 0 radical (unpaired) electrons. The molecule has 1 aliphatic carbocycles. The molecule has 1 saturated heterocycles. The number of urea groups is 1. The smallest absolute Gasteiger partial charge is 0.317 e. The van der Waals surface area contributed by atoms with Gasteiger partial charge in [-0.3, -0.25) is 0 Å². The van der Waals surface area contributed by atoms with Gasteiger partial charge in [0, 0.05) is 32.7 Å². The van der Waals surface area contributed by atoms with Gasteiger partial charge in [-0.05, 0) is 18.8 Å². The second kappa shape index (κ2) is 6.21. The largest absolute Gasteiger partial charge is 0.393 e. The Bertz CT molecular complexity index is 260. The average Bonchev–Trinajstić information content (AvgIpc) is 2.73. The molecule has 2 amide bonds. The maximum Gasteiger partial charge on any atom is 0.317 e. The Balaban J connectivity index is 1.57. The summed E-state index contributed by atoms with van der Waals surface area (Å²) in [6, 6.07) is 0.0458. The summed E-state index contributed by atoms with van der Waals surface area (Å²) < 4.78 is 0. The molecule has 2 atom stereocenters. The number of aliphatic hydroxyl groups excluding tert-OH is 1. The summed E-state index contributed by atoms with van der Waals surface area (Å²) >= 11 is 0. The van der Waals surface area contributed by atoms with Gasteiger partial charge in [-0.25, -0.2) is 4.79 Å². The lowest BCUT2D eigenvalue weighted by Crippen LogP contribution is -2.38. The Kier molecular flexibility index (Phi) is 4.62.